The molecule has 1 atom stereocenters. The van der Waals surface area contributed by atoms with Crippen LogP contribution >= 0.6 is 50.7 Å². The van der Waals surface area contributed by atoms with Crippen LogP contribution in [0.3, 0.4) is 0 Å². The minimum Gasteiger partial charge on any atom is -0.285 e. The van der Waals surface area contributed by atoms with Crippen LogP contribution in [0.15, 0.2) is 5.10 Å². The molecule has 94 valence electrons. The van der Waals surface area contributed by atoms with Crippen LogP contribution < -0.4 is 0 Å². The Morgan fingerprint density at radius 2 is 2.00 bits per heavy atom. The van der Waals surface area contributed by atoms with Crippen molar-refractivity contribution in [2.75, 3.05) is 6.54 Å². The van der Waals surface area contributed by atoms with Gasteiger partial charge in [-0.2, -0.15) is 5.10 Å². The van der Waals surface area contributed by atoms with Crippen molar-refractivity contribution in [3.8, 4) is 0 Å². The van der Waals surface area contributed by atoms with Crippen LogP contribution in [-0.4, -0.2) is 31.8 Å². The van der Waals surface area contributed by atoms with E-state index in [2.05, 4.69) is 28.0 Å². The molecule has 0 spiro atoms. The van der Waals surface area contributed by atoms with E-state index in [0.717, 1.165) is 13.0 Å². The van der Waals surface area contributed by atoms with Crippen LogP contribution in [0.5, 0.6) is 0 Å². The van der Waals surface area contributed by atoms with Crippen LogP contribution in [0.4, 0.5) is 0 Å². The van der Waals surface area contributed by atoms with Gasteiger partial charge >= 0.3 is 0 Å². The predicted molar refractivity (Wildman–Crippen MR) is 74.2 cm³/mol. The minimum absolute atomic E-state index is 0.179. The van der Waals surface area contributed by atoms with E-state index in [-0.39, 0.29) is 5.08 Å². The number of rotatable bonds is 5. The molecule has 0 aromatic rings. The maximum Gasteiger partial charge on any atom is 0.271 e. The zero-order valence-corrected chi connectivity index (χ0v) is 12.9. The molecule has 0 fully saturated rings. The van der Waals surface area contributed by atoms with E-state index in [9.17, 15) is 0 Å². The van der Waals surface area contributed by atoms with E-state index < -0.39 is 3.92 Å². The summed E-state index contributed by atoms with van der Waals surface area (Å²) in [6, 6.07) is 0. The normalized spacial score (nSPS) is 20.9. The fraction of sp³-hybridized carbons (Fsp3) is 0.889. The van der Waals surface area contributed by atoms with Gasteiger partial charge in [0.15, 0.2) is 5.08 Å². The molecule has 1 aliphatic heterocycles. The third-order valence-corrected chi connectivity index (χ3v) is 3.83. The van der Waals surface area contributed by atoms with Gasteiger partial charge in [0.05, 0.1) is 0 Å². The summed E-state index contributed by atoms with van der Waals surface area (Å²) in [7, 11) is 0. The average molecular weight is 352 g/mol. The fourth-order valence-electron chi connectivity index (χ4n) is 1.43. The highest BCUT2D eigenvalue weighted by Gasteiger charge is 2.38. The summed E-state index contributed by atoms with van der Waals surface area (Å²) in [6.07, 6.45) is 6.32. The van der Waals surface area contributed by atoms with Gasteiger partial charge in [-0.1, -0.05) is 61.0 Å². The molecule has 1 aliphatic rings. The van der Waals surface area contributed by atoms with Crippen LogP contribution in [0, 0.1) is 0 Å². The van der Waals surface area contributed by atoms with Crippen molar-refractivity contribution < 1.29 is 0 Å². The zero-order chi connectivity index (χ0) is 12.2. The molecule has 1 rings (SSSR count). The highest BCUT2D eigenvalue weighted by Crippen LogP contribution is 2.36. The summed E-state index contributed by atoms with van der Waals surface area (Å²) in [5, 5.41) is 5.89. The standard InChI is InChI=1S/C9H15BrCl3N3/c1-2-3-4-5-6-16-8(10)15(7-14-16)9(11,12)13/h7-8H,2-6H2,1H3. The Balaban J connectivity index is 2.34. The van der Waals surface area contributed by atoms with E-state index in [1.54, 1.807) is 6.34 Å². The van der Waals surface area contributed by atoms with Crippen LogP contribution in [0.25, 0.3) is 0 Å². The Labute approximate surface area is 120 Å². The first-order valence-corrected chi connectivity index (χ1v) is 7.31. The quantitative estimate of drug-likeness (QED) is 0.421. The largest absolute Gasteiger partial charge is 0.285 e. The molecule has 1 unspecified atom stereocenters. The van der Waals surface area contributed by atoms with Crippen LogP contribution in [0.1, 0.15) is 32.6 Å². The lowest BCUT2D eigenvalue weighted by molar-refractivity contribution is 0.206. The Hall–Kier alpha value is 0.620. The molecule has 0 aliphatic carbocycles. The molecular formula is C9H15BrCl3N3. The maximum absolute atomic E-state index is 5.79. The number of hydrogen-bond acceptors (Lipinski definition) is 3. The summed E-state index contributed by atoms with van der Waals surface area (Å²) in [4.78, 5) is 1.54. The number of nitrogens with zero attached hydrogens (tertiary/aromatic N) is 3. The van der Waals surface area contributed by atoms with Gasteiger partial charge in [-0.3, -0.25) is 9.91 Å². The van der Waals surface area contributed by atoms with Crippen LogP contribution in [-0.2, 0) is 0 Å². The summed E-state index contributed by atoms with van der Waals surface area (Å²) in [6.45, 7) is 3.05. The van der Waals surface area contributed by atoms with E-state index >= 15 is 0 Å². The van der Waals surface area contributed by atoms with Gasteiger partial charge in [-0.05, 0) is 22.4 Å². The maximum atomic E-state index is 5.79. The molecule has 0 bridgehead atoms. The highest BCUT2D eigenvalue weighted by molar-refractivity contribution is 9.09. The van der Waals surface area contributed by atoms with Gasteiger partial charge in [0.25, 0.3) is 3.92 Å². The molecule has 0 aromatic heterocycles. The zero-order valence-electron chi connectivity index (χ0n) is 9.04. The molecule has 7 heteroatoms. The number of hydrogen-bond donors (Lipinski definition) is 0. The van der Waals surface area contributed by atoms with Crippen LogP contribution in [0.2, 0.25) is 0 Å². The topological polar surface area (TPSA) is 18.8 Å². The highest BCUT2D eigenvalue weighted by atomic mass is 79.9. The lowest BCUT2D eigenvalue weighted by atomic mass is 10.2. The van der Waals surface area contributed by atoms with Crippen molar-refractivity contribution in [3.63, 3.8) is 0 Å². The molecule has 16 heavy (non-hydrogen) atoms. The summed E-state index contributed by atoms with van der Waals surface area (Å²) in [5.41, 5.74) is 0. The average Bonchev–Trinajstić information content (AvgIpc) is 2.54. The number of hydrazone groups is 1. The summed E-state index contributed by atoms with van der Waals surface area (Å²) >= 11 is 20.8. The van der Waals surface area contributed by atoms with E-state index in [1.165, 1.54) is 24.2 Å². The molecule has 1 heterocycles. The second kappa shape index (κ2) is 6.53. The van der Waals surface area contributed by atoms with Gasteiger partial charge in [0.2, 0.25) is 0 Å². The summed E-state index contributed by atoms with van der Waals surface area (Å²) in [5.74, 6) is 0. The van der Waals surface area contributed by atoms with Crippen molar-refractivity contribution in [1.82, 2.24) is 9.91 Å². The fourth-order valence-corrected chi connectivity index (χ4v) is 2.91. The Morgan fingerprint density at radius 1 is 1.31 bits per heavy atom. The molecule has 0 saturated heterocycles. The molecule has 3 nitrogen and oxygen atoms in total. The molecule has 0 aromatic carbocycles. The number of alkyl halides is 4. The monoisotopic (exact) mass is 349 g/mol. The smallest absolute Gasteiger partial charge is 0.271 e. The van der Waals surface area contributed by atoms with E-state index in [0.29, 0.717) is 0 Å². The van der Waals surface area contributed by atoms with Crippen molar-refractivity contribution in [2.24, 2.45) is 5.10 Å². The van der Waals surface area contributed by atoms with Crippen molar-refractivity contribution in [1.29, 1.82) is 0 Å². The van der Waals surface area contributed by atoms with Gasteiger partial charge < -0.3 is 0 Å². The first-order chi connectivity index (χ1) is 7.46. The number of halogens is 4. The van der Waals surface area contributed by atoms with Gasteiger partial charge in [0.1, 0.15) is 6.34 Å². The molecule has 0 radical (unpaired) electrons. The third-order valence-electron chi connectivity index (χ3n) is 2.33. The molecule has 0 amide bonds. The van der Waals surface area contributed by atoms with Gasteiger partial charge in [-0.25, -0.2) is 0 Å². The lowest BCUT2D eigenvalue weighted by Gasteiger charge is -2.30. The van der Waals surface area contributed by atoms with E-state index in [4.69, 9.17) is 34.8 Å². The predicted octanol–water partition coefficient (Wildman–Crippen LogP) is 4.13. The van der Waals surface area contributed by atoms with Crippen molar-refractivity contribution >= 4 is 57.1 Å². The number of unbranched alkanes of at least 4 members (excludes halogenated alkanes) is 3. The molecule has 0 saturated carbocycles. The minimum atomic E-state index is -1.46. The van der Waals surface area contributed by atoms with Gasteiger partial charge in [-0.15, -0.1) is 0 Å². The lowest BCUT2D eigenvalue weighted by Crippen LogP contribution is -2.42. The molecule has 0 N–H and O–H groups in total. The Kier molecular flexibility index (Phi) is 5.99. The van der Waals surface area contributed by atoms with Crippen molar-refractivity contribution in [2.45, 2.75) is 41.6 Å². The molecular weight excluding hydrogens is 336 g/mol. The van der Waals surface area contributed by atoms with Gasteiger partial charge in [0, 0.05) is 6.54 Å². The second-order valence-electron chi connectivity index (χ2n) is 3.64. The first kappa shape index (κ1) is 14.7. The first-order valence-electron chi connectivity index (χ1n) is 5.26. The van der Waals surface area contributed by atoms with Crippen molar-refractivity contribution in [3.05, 3.63) is 0 Å². The SMILES string of the molecule is CCCCCCN1N=CN(C(Cl)(Cl)Cl)C1Br. The Morgan fingerprint density at radius 3 is 2.50 bits per heavy atom. The third kappa shape index (κ3) is 4.13. The summed E-state index contributed by atoms with van der Waals surface area (Å²) < 4.78 is -1.46. The second-order valence-corrected chi connectivity index (χ2v) is 6.68. The Bertz CT molecular complexity index is 245. The van der Waals surface area contributed by atoms with E-state index in [1.807, 2.05) is 5.01 Å².